The molecule has 0 saturated carbocycles. The summed E-state index contributed by atoms with van der Waals surface area (Å²) in [7, 11) is 1.60. The SMILES string of the molecule is COc1cc(Br)ccc1C(C)NC(=O)C(NC(=O)C(C)(C)C)C(C)C. The summed E-state index contributed by atoms with van der Waals surface area (Å²) < 4.78 is 6.30. The van der Waals surface area contributed by atoms with Crippen LogP contribution in [0.5, 0.6) is 5.75 Å². The maximum Gasteiger partial charge on any atom is 0.243 e. The number of nitrogens with one attached hydrogen (secondary N) is 2. The van der Waals surface area contributed by atoms with Gasteiger partial charge in [-0.2, -0.15) is 0 Å². The Morgan fingerprint density at radius 3 is 2.20 bits per heavy atom. The molecule has 2 unspecified atom stereocenters. The second-order valence-electron chi connectivity index (χ2n) is 7.56. The molecule has 0 saturated heterocycles. The summed E-state index contributed by atoms with van der Waals surface area (Å²) in [5.41, 5.74) is 0.331. The zero-order valence-corrected chi connectivity index (χ0v) is 17.7. The third-order valence-corrected chi connectivity index (χ3v) is 4.43. The molecule has 1 rings (SSSR count). The molecule has 25 heavy (non-hydrogen) atoms. The number of hydrogen-bond acceptors (Lipinski definition) is 3. The highest BCUT2D eigenvalue weighted by Crippen LogP contribution is 2.28. The Labute approximate surface area is 159 Å². The second-order valence-corrected chi connectivity index (χ2v) is 8.48. The Balaban J connectivity index is 2.92. The standard InChI is InChI=1S/C19H29BrN2O3/c1-11(2)16(22-18(24)19(4,5)6)17(23)21-12(3)14-9-8-13(20)10-15(14)25-7/h8-12,16H,1-7H3,(H,21,23)(H,22,24). The molecule has 0 aliphatic carbocycles. The van der Waals surface area contributed by atoms with E-state index in [1.165, 1.54) is 0 Å². The van der Waals surface area contributed by atoms with E-state index in [2.05, 4.69) is 26.6 Å². The minimum atomic E-state index is -0.587. The number of carbonyl (C=O) groups is 2. The third kappa shape index (κ3) is 6.03. The highest BCUT2D eigenvalue weighted by Gasteiger charge is 2.30. The fourth-order valence-electron chi connectivity index (χ4n) is 2.32. The van der Waals surface area contributed by atoms with Crippen molar-refractivity contribution >= 4 is 27.7 Å². The van der Waals surface area contributed by atoms with Gasteiger partial charge in [-0.1, -0.05) is 56.6 Å². The molecule has 0 aromatic heterocycles. The highest BCUT2D eigenvalue weighted by molar-refractivity contribution is 9.10. The van der Waals surface area contributed by atoms with Crippen molar-refractivity contribution in [2.75, 3.05) is 7.11 Å². The first-order valence-electron chi connectivity index (χ1n) is 8.42. The van der Waals surface area contributed by atoms with Crippen LogP contribution < -0.4 is 15.4 Å². The van der Waals surface area contributed by atoms with Gasteiger partial charge < -0.3 is 15.4 Å². The van der Waals surface area contributed by atoms with Crippen LogP contribution in [0.15, 0.2) is 22.7 Å². The van der Waals surface area contributed by atoms with Crippen LogP contribution in [0.25, 0.3) is 0 Å². The van der Waals surface area contributed by atoms with Gasteiger partial charge in [-0.3, -0.25) is 9.59 Å². The highest BCUT2D eigenvalue weighted by atomic mass is 79.9. The summed E-state index contributed by atoms with van der Waals surface area (Å²) in [6.07, 6.45) is 0. The van der Waals surface area contributed by atoms with Crippen molar-refractivity contribution in [2.45, 2.75) is 53.6 Å². The van der Waals surface area contributed by atoms with Crippen LogP contribution in [0.2, 0.25) is 0 Å². The maximum absolute atomic E-state index is 12.7. The number of halogens is 1. The fraction of sp³-hybridized carbons (Fsp3) is 0.579. The van der Waals surface area contributed by atoms with Crippen LogP contribution in [0.3, 0.4) is 0 Å². The third-order valence-electron chi connectivity index (χ3n) is 3.94. The first-order valence-corrected chi connectivity index (χ1v) is 9.21. The van der Waals surface area contributed by atoms with E-state index in [4.69, 9.17) is 4.74 Å². The molecule has 0 spiro atoms. The molecule has 1 aromatic carbocycles. The first kappa shape index (κ1) is 21.5. The lowest BCUT2D eigenvalue weighted by molar-refractivity contribution is -0.134. The Hall–Kier alpha value is -1.56. The normalized spacial score (nSPS) is 14.0. The molecule has 6 heteroatoms. The van der Waals surface area contributed by atoms with Gasteiger partial charge in [-0.25, -0.2) is 0 Å². The molecule has 2 atom stereocenters. The molecular weight excluding hydrogens is 384 g/mol. The van der Waals surface area contributed by atoms with Crippen LogP contribution in [0.1, 0.15) is 53.1 Å². The molecule has 0 heterocycles. The number of rotatable bonds is 6. The Morgan fingerprint density at radius 2 is 1.72 bits per heavy atom. The molecule has 2 N–H and O–H groups in total. The lowest BCUT2D eigenvalue weighted by Gasteiger charge is -2.27. The lowest BCUT2D eigenvalue weighted by atomic mass is 9.93. The van der Waals surface area contributed by atoms with Crippen molar-refractivity contribution in [1.29, 1.82) is 0 Å². The minimum Gasteiger partial charge on any atom is -0.496 e. The van der Waals surface area contributed by atoms with Crippen molar-refractivity contribution in [1.82, 2.24) is 10.6 Å². The number of amides is 2. The van der Waals surface area contributed by atoms with Gasteiger partial charge in [0, 0.05) is 15.5 Å². The summed E-state index contributed by atoms with van der Waals surface area (Å²) >= 11 is 3.41. The molecule has 0 bridgehead atoms. The van der Waals surface area contributed by atoms with Gasteiger partial charge >= 0.3 is 0 Å². The van der Waals surface area contributed by atoms with Crippen molar-refractivity contribution in [2.24, 2.45) is 11.3 Å². The molecule has 0 fully saturated rings. The summed E-state index contributed by atoms with van der Waals surface area (Å²) in [5.74, 6) is 0.326. The summed E-state index contributed by atoms with van der Waals surface area (Å²) in [5, 5.41) is 5.84. The Kier molecular flexibility index (Phi) is 7.47. The molecule has 1 aromatic rings. The molecule has 0 aliphatic rings. The Bertz CT molecular complexity index is 624. The largest absolute Gasteiger partial charge is 0.496 e. The summed E-state index contributed by atoms with van der Waals surface area (Å²) in [4.78, 5) is 25.0. The van der Waals surface area contributed by atoms with E-state index in [1.54, 1.807) is 7.11 Å². The molecule has 0 aliphatic heterocycles. The van der Waals surface area contributed by atoms with Crippen molar-refractivity contribution in [3.05, 3.63) is 28.2 Å². The number of methoxy groups -OCH3 is 1. The van der Waals surface area contributed by atoms with E-state index < -0.39 is 11.5 Å². The van der Waals surface area contributed by atoms with Crippen LogP contribution in [0.4, 0.5) is 0 Å². The fourth-order valence-corrected chi connectivity index (χ4v) is 2.66. The van der Waals surface area contributed by atoms with Crippen LogP contribution >= 0.6 is 15.9 Å². The number of benzene rings is 1. The molecule has 140 valence electrons. The van der Waals surface area contributed by atoms with Gasteiger partial charge in [0.2, 0.25) is 11.8 Å². The van der Waals surface area contributed by atoms with Crippen molar-refractivity contribution in [3.63, 3.8) is 0 Å². The van der Waals surface area contributed by atoms with Crippen LogP contribution in [-0.2, 0) is 9.59 Å². The smallest absolute Gasteiger partial charge is 0.243 e. The van der Waals surface area contributed by atoms with Crippen LogP contribution in [-0.4, -0.2) is 25.0 Å². The molecule has 0 radical (unpaired) electrons. The molecular formula is C19H29BrN2O3. The van der Waals surface area contributed by atoms with Gasteiger partial charge in [0.15, 0.2) is 0 Å². The monoisotopic (exact) mass is 412 g/mol. The quantitative estimate of drug-likeness (QED) is 0.745. The average molecular weight is 413 g/mol. The molecule has 2 amide bonds. The molecule has 5 nitrogen and oxygen atoms in total. The van der Waals surface area contributed by atoms with Crippen LogP contribution in [0, 0.1) is 11.3 Å². The zero-order chi connectivity index (χ0) is 19.4. The van der Waals surface area contributed by atoms with Crippen molar-refractivity contribution < 1.29 is 14.3 Å². The predicted molar refractivity (Wildman–Crippen MR) is 103 cm³/mol. The van der Waals surface area contributed by atoms with Gasteiger partial charge in [0.05, 0.1) is 13.2 Å². The number of ether oxygens (including phenoxy) is 1. The van der Waals surface area contributed by atoms with Gasteiger partial charge in [-0.15, -0.1) is 0 Å². The van der Waals surface area contributed by atoms with Gasteiger partial charge in [-0.05, 0) is 25.0 Å². The zero-order valence-electron chi connectivity index (χ0n) is 16.1. The van der Waals surface area contributed by atoms with Gasteiger partial charge in [0.25, 0.3) is 0 Å². The van der Waals surface area contributed by atoms with E-state index >= 15 is 0 Å². The minimum absolute atomic E-state index is 0.0229. The van der Waals surface area contributed by atoms with Gasteiger partial charge in [0.1, 0.15) is 11.8 Å². The van der Waals surface area contributed by atoms with E-state index in [0.29, 0.717) is 5.75 Å². The number of hydrogen-bond donors (Lipinski definition) is 2. The topological polar surface area (TPSA) is 67.4 Å². The van der Waals surface area contributed by atoms with E-state index in [0.717, 1.165) is 10.0 Å². The van der Waals surface area contributed by atoms with E-state index in [-0.39, 0.29) is 23.8 Å². The average Bonchev–Trinajstić information content (AvgIpc) is 2.50. The first-order chi connectivity index (χ1) is 11.5. The summed E-state index contributed by atoms with van der Waals surface area (Å²) in [6.45, 7) is 11.2. The predicted octanol–water partition coefficient (Wildman–Crippen LogP) is 3.82. The van der Waals surface area contributed by atoms with E-state index in [1.807, 2.05) is 59.7 Å². The number of carbonyl (C=O) groups excluding carboxylic acids is 2. The Morgan fingerprint density at radius 1 is 1.12 bits per heavy atom. The maximum atomic E-state index is 12.7. The van der Waals surface area contributed by atoms with E-state index in [9.17, 15) is 9.59 Å². The second kappa shape index (κ2) is 8.70. The summed E-state index contributed by atoms with van der Waals surface area (Å²) in [6, 6.07) is 4.84. The lowest BCUT2D eigenvalue weighted by Crippen LogP contribution is -2.52. The van der Waals surface area contributed by atoms with Crippen molar-refractivity contribution in [3.8, 4) is 5.75 Å².